The first-order chi connectivity index (χ1) is 9.96. The minimum atomic E-state index is -0.796. The SMILES string of the molecule is COCOc1c(Br)cc(C(=O)OC)cc1C(Br)C(=O)OC. The van der Waals surface area contributed by atoms with Crippen LogP contribution in [0.5, 0.6) is 5.75 Å². The Bertz CT molecular complexity index is 532. The van der Waals surface area contributed by atoms with E-state index in [1.165, 1.54) is 33.5 Å². The van der Waals surface area contributed by atoms with Crippen LogP contribution in [0.25, 0.3) is 0 Å². The molecule has 0 spiro atoms. The number of carbonyl (C=O) groups excluding carboxylic acids is 2. The molecule has 1 unspecified atom stereocenters. The van der Waals surface area contributed by atoms with Gasteiger partial charge in [-0.3, -0.25) is 4.79 Å². The molecular weight excluding hydrogens is 412 g/mol. The summed E-state index contributed by atoms with van der Waals surface area (Å²) in [5, 5.41) is 0. The Morgan fingerprint density at radius 3 is 2.38 bits per heavy atom. The number of benzene rings is 1. The minimum Gasteiger partial charge on any atom is -0.468 e. The second-order valence-electron chi connectivity index (χ2n) is 3.80. The highest BCUT2D eigenvalue weighted by Crippen LogP contribution is 2.38. The minimum absolute atomic E-state index is 0.00986. The van der Waals surface area contributed by atoms with E-state index >= 15 is 0 Å². The Morgan fingerprint density at radius 2 is 1.86 bits per heavy atom. The number of alkyl halides is 1. The highest BCUT2D eigenvalue weighted by Gasteiger charge is 2.25. The molecule has 1 aromatic rings. The molecule has 0 radical (unpaired) electrons. The van der Waals surface area contributed by atoms with E-state index in [2.05, 4.69) is 41.3 Å². The van der Waals surface area contributed by atoms with Crippen LogP contribution in [0.3, 0.4) is 0 Å². The van der Waals surface area contributed by atoms with Crippen molar-refractivity contribution in [3.63, 3.8) is 0 Å². The third-order valence-electron chi connectivity index (χ3n) is 2.50. The molecule has 1 aromatic carbocycles. The van der Waals surface area contributed by atoms with E-state index in [4.69, 9.17) is 9.47 Å². The van der Waals surface area contributed by atoms with Crippen molar-refractivity contribution in [2.75, 3.05) is 28.1 Å². The Hall–Kier alpha value is -1.12. The first-order valence-electron chi connectivity index (χ1n) is 5.71. The van der Waals surface area contributed by atoms with Crippen molar-refractivity contribution in [2.24, 2.45) is 0 Å². The van der Waals surface area contributed by atoms with Crippen LogP contribution in [0.1, 0.15) is 20.7 Å². The van der Waals surface area contributed by atoms with Crippen molar-refractivity contribution in [1.29, 1.82) is 0 Å². The average Bonchev–Trinajstić information content (AvgIpc) is 2.50. The highest BCUT2D eigenvalue weighted by molar-refractivity contribution is 9.10. The Labute approximate surface area is 138 Å². The first kappa shape index (κ1) is 17.9. The van der Waals surface area contributed by atoms with Gasteiger partial charge in [0.05, 0.1) is 24.3 Å². The molecule has 8 heteroatoms. The van der Waals surface area contributed by atoms with Crippen LogP contribution in [0.4, 0.5) is 0 Å². The predicted molar refractivity (Wildman–Crippen MR) is 81.7 cm³/mol. The molecule has 116 valence electrons. The zero-order valence-corrected chi connectivity index (χ0v) is 14.8. The summed E-state index contributed by atoms with van der Waals surface area (Å²) >= 11 is 6.53. The van der Waals surface area contributed by atoms with Crippen molar-refractivity contribution in [2.45, 2.75) is 4.83 Å². The van der Waals surface area contributed by atoms with Crippen LogP contribution in [-0.2, 0) is 19.0 Å². The van der Waals surface area contributed by atoms with E-state index in [1.807, 2.05) is 0 Å². The molecule has 21 heavy (non-hydrogen) atoms. The normalized spacial score (nSPS) is 11.7. The lowest BCUT2D eigenvalue weighted by molar-refractivity contribution is -0.139. The summed E-state index contributed by atoms with van der Waals surface area (Å²) in [6.45, 7) is -0.00986. The van der Waals surface area contributed by atoms with Gasteiger partial charge < -0.3 is 18.9 Å². The van der Waals surface area contributed by atoms with E-state index in [1.54, 1.807) is 0 Å². The monoisotopic (exact) mass is 424 g/mol. The maximum atomic E-state index is 11.7. The van der Waals surface area contributed by atoms with Gasteiger partial charge >= 0.3 is 11.9 Å². The van der Waals surface area contributed by atoms with Gasteiger partial charge in [0, 0.05) is 12.7 Å². The first-order valence-corrected chi connectivity index (χ1v) is 7.42. The third kappa shape index (κ3) is 4.42. The van der Waals surface area contributed by atoms with E-state index in [0.29, 0.717) is 15.8 Å². The lowest BCUT2D eigenvalue weighted by atomic mass is 10.1. The second-order valence-corrected chi connectivity index (χ2v) is 5.57. The number of hydrogen-bond donors (Lipinski definition) is 0. The van der Waals surface area contributed by atoms with Crippen LogP contribution < -0.4 is 4.74 Å². The van der Waals surface area contributed by atoms with Crippen molar-refractivity contribution >= 4 is 43.8 Å². The molecular formula is C13H14Br2O6. The van der Waals surface area contributed by atoms with Gasteiger partial charge in [-0.1, -0.05) is 15.9 Å². The number of ether oxygens (including phenoxy) is 4. The standard InChI is InChI=1S/C13H14Br2O6/c1-18-6-21-11-8(10(15)13(17)20-3)4-7(5-9(11)14)12(16)19-2/h4-5,10H,6H2,1-3H3. The fourth-order valence-corrected chi connectivity index (χ4v) is 2.66. The number of rotatable bonds is 6. The molecule has 0 aromatic heterocycles. The molecule has 0 bridgehead atoms. The molecule has 0 aliphatic heterocycles. The van der Waals surface area contributed by atoms with Gasteiger partial charge in [-0.2, -0.15) is 0 Å². The largest absolute Gasteiger partial charge is 0.468 e. The number of methoxy groups -OCH3 is 3. The summed E-state index contributed by atoms with van der Waals surface area (Å²) in [5.74, 6) is -0.678. The van der Waals surface area contributed by atoms with Crippen LogP contribution in [0.2, 0.25) is 0 Å². The fraction of sp³-hybridized carbons (Fsp3) is 0.385. The zero-order chi connectivity index (χ0) is 16.0. The maximum absolute atomic E-state index is 11.7. The van der Waals surface area contributed by atoms with Gasteiger partial charge in [-0.05, 0) is 28.1 Å². The maximum Gasteiger partial charge on any atom is 0.337 e. The van der Waals surface area contributed by atoms with Gasteiger partial charge in [-0.15, -0.1) is 0 Å². The van der Waals surface area contributed by atoms with Crippen molar-refractivity contribution < 1.29 is 28.5 Å². The third-order valence-corrected chi connectivity index (χ3v) is 3.95. The molecule has 0 aliphatic rings. The smallest absolute Gasteiger partial charge is 0.337 e. The summed E-state index contributed by atoms with van der Waals surface area (Å²) in [6.07, 6.45) is 0. The highest BCUT2D eigenvalue weighted by atomic mass is 79.9. The number of esters is 2. The van der Waals surface area contributed by atoms with E-state index in [0.717, 1.165) is 0 Å². The van der Waals surface area contributed by atoms with Crippen molar-refractivity contribution in [3.05, 3.63) is 27.7 Å². The van der Waals surface area contributed by atoms with Gasteiger partial charge in [0.15, 0.2) is 6.79 Å². The molecule has 0 fully saturated rings. The topological polar surface area (TPSA) is 71.1 Å². The molecule has 0 saturated carbocycles. The average molecular weight is 426 g/mol. The van der Waals surface area contributed by atoms with Gasteiger partial charge in [0.2, 0.25) is 0 Å². The molecule has 1 atom stereocenters. The van der Waals surface area contributed by atoms with Crippen LogP contribution >= 0.6 is 31.9 Å². The summed E-state index contributed by atoms with van der Waals surface area (Å²) in [4.78, 5) is 22.6. The van der Waals surface area contributed by atoms with Crippen LogP contribution in [-0.4, -0.2) is 40.1 Å². The molecule has 0 saturated heterocycles. The summed E-state index contributed by atoms with van der Waals surface area (Å²) in [7, 11) is 4.02. The number of hydrogen-bond acceptors (Lipinski definition) is 6. The van der Waals surface area contributed by atoms with Gasteiger partial charge in [0.25, 0.3) is 0 Å². The van der Waals surface area contributed by atoms with Gasteiger partial charge in [0.1, 0.15) is 10.6 Å². The van der Waals surface area contributed by atoms with E-state index in [-0.39, 0.29) is 12.4 Å². The Kier molecular flexibility index (Phi) is 7.13. The summed E-state index contributed by atoms with van der Waals surface area (Å²) < 4.78 is 20.2. The second kappa shape index (κ2) is 8.35. The predicted octanol–water partition coefficient (Wildman–Crippen LogP) is 2.83. The molecule has 0 heterocycles. The Morgan fingerprint density at radius 1 is 1.19 bits per heavy atom. The molecule has 0 N–H and O–H groups in total. The Balaban J connectivity index is 3.35. The molecule has 0 aliphatic carbocycles. The van der Waals surface area contributed by atoms with Crippen LogP contribution in [0.15, 0.2) is 16.6 Å². The van der Waals surface area contributed by atoms with Crippen molar-refractivity contribution in [3.8, 4) is 5.75 Å². The molecule has 0 amide bonds. The quantitative estimate of drug-likeness (QED) is 0.396. The van der Waals surface area contributed by atoms with E-state index in [9.17, 15) is 9.59 Å². The zero-order valence-electron chi connectivity index (χ0n) is 11.6. The van der Waals surface area contributed by atoms with Crippen LogP contribution in [0, 0.1) is 0 Å². The summed E-state index contributed by atoms with van der Waals surface area (Å²) in [6, 6.07) is 3.04. The fourth-order valence-electron chi connectivity index (χ4n) is 1.54. The van der Waals surface area contributed by atoms with Crippen molar-refractivity contribution in [1.82, 2.24) is 0 Å². The lowest BCUT2D eigenvalue weighted by Gasteiger charge is -2.17. The molecule has 6 nitrogen and oxygen atoms in total. The molecule has 1 rings (SSSR count). The van der Waals surface area contributed by atoms with Gasteiger partial charge in [-0.25, -0.2) is 4.79 Å². The lowest BCUT2D eigenvalue weighted by Crippen LogP contribution is -2.13. The summed E-state index contributed by atoms with van der Waals surface area (Å²) in [5.41, 5.74) is 0.700. The van der Waals surface area contributed by atoms with E-state index < -0.39 is 16.8 Å². The number of carbonyl (C=O) groups is 2. The number of halogens is 2.